The highest BCUT2D eigenvalue weighted by atomic mass is 19.1. The van der Waals surface area contributed by atoms with Crippen LogP contribution in [-0.4, -0.2) is 37.6 Å². The largest absolute Gasteiger partial charge is 0.465 e. The molecule has 3 nitrogen and oxygen atoms in total. The smallest absolute Gasteiger partial charge is 0.316 e. The van der Waals surface area contributed by atoms with Gasteiger partial charge in [-0.25, -0.2) is 4.39 Å². The van der Waals surface area contributed by atoms with Crippen molar-refractivity contribution < 1.29 is 13.9 Å². The molecule has 1 aliphatic rings. The molecule has 1 aromatic rings. The molecule has 0 saturated heterocycles. The summed E-state index contributed by atoms with van der Waals surface area (Å²) in [6.45, 7) is 2.20. The van der Waals surface area contributed by atoms with Gasteiger partial charge in [-0.15, -0.1) is 0 Å². The number of esters is 1. The second-order valence-corrected chi connectivity index (χ2v) is 6.00. The fourth-order valence-electron chi connectivity index (χ4n) is 3.26. The SMILES string of the molecule is CCOC(=O)C1(c2ccc(F)cc2)CCC(N(C)C)CC1. The van der Waals surface area contributed by atoms with Gasteiger partial charge in [0.2, 0.25) is 0 Å². The first-order chi connectivity index (χ1) is 9.99. The maximum absolute atomic E-state index is 13.2. The highest BCUT2D eigenvalue weighted by Crippen LogP contribution is 2.41. The van der Waals surface area contributed by atoms with Crippen LogP contribution < -0.4 is 0 Å². The fraction of sp³-hybridized carbons (Fsp3) is 0.588. The third-order valence-electron chi connectivity index (χ3n) is 4.60. The van der Waals surface area contributed by atoms with Crippen LogP contribution in [0.3, 0.4) is 0 Å². The van der Waals surface area contributed by atoms with Gasteiger partial charge >= 0.3 is 5.97 Å². The lowest BCUT2D eigenvalue weighted by atomic mass is 9.68. The minimum Gasteiger partial charge on any atom is -0.465 e. The van der Waals surface area contributed by atoms with Crippen LogP contribution >= 0.6 is 0 Å². The Hall–Kier alpha value is -1.42. The van der Waals surface area contributed by atoms with E-state index in [4.69, 9.17) is 4.74 Å². The molecule has 0 unspecified atom stereocenters. The number of ether oxygens (including phenoxy) is 1. The maximum Gasteiger partial charge on any atom is 0.316 e. The summed E-state index contributed by atoms with van der Waals surface area (Å²) in [5.74, 6) is -0.450. The van der Waals surface area contributed by atoms with Crippen molar-refractivity contribution in [3.63, 3.8) is 0 Å². The predicted octanol–water partition coefficient (Wildman–Crippen LogP) is 3.13. The van der Waals surface area contributed by atoms with Crippen molar-refractivity contribution in [1.82, 2.24) is 4.90 Å². The van der Waals surface area contributed by atoms with E-state index in [0.29, 0.717) is 12.6 Å². The fourth-order valence-corrected chi connectivity index (χ4v) is 3.26. The average molecular weight is 293 g/mol. The summed E-state index contributed by atoms with van der Waals surface area (Å²) in [7, 11) is 4.14. The Morgan fingerprint density at radius 3 is 2.33 bits per heavy atom. The molecule has 0 N–H and O–H groups in total. The molecule has 1 aromatic carbocycles. The van der Waals surface area contributed by atoms with E-state index in [0.717, 1.165) is 31.2 Å². The van der Waals surface area contributed by atoms with Crippen LogP contribution in [0, 0.1) is 5.82 Å². The van der Waals surface area contributed by atoms with Crippen molar-refractivity contribution in [2.75, 3.05) is 20.7 Å². The van der Waals surface area contributed by atoms with Gasteiger partial charge in [-0.05, 0) is 64.4 Å². The molecule has 0 amide bonds. The number of nitrogens with zero attached hydrogens (tertiary/aromatic N) is 1. The Labute approximate surface area is 126 Å². The van der Waals surface area contributed by atoms with Crippen molar-refractivity contribution in [2.45, 2.75) is 44.1 Å². The van der Waals surface area contributed by atoms with Gasteiger partial charge in [-0.1, -0.05) is 12.1 Å². The third kappa shape index (κ3) is 3.26. The van der Waals surface area contributed by atoms with Crippen molar-refractivity contribution in [3.05, 3.63) is 35.6 Å². The van der Waals surface area contributed by atoms with Crippen molar-refractivity contribution in [1.29, 1.82) is 0 Å². The summed E-state index contributed by atoms with van der Waals surface area (Å²) in [6.07, 6.45) is 3.40. The van der Waals surface area contributed by atoms with Gasteiger partial charge in [0.25, 0.3) is 0 Å². The molecule has 4 heteroatoms. The first kappa shape index (κ1) is 16.0. The Balaban J connectivity index is 2.28. The van der Waals surface area contributed by atoms with Crippen LogP contribution in [0.5, 0.6) is 0 Å². The maximum atomic E-state index is 13.2. The van der Waals surface area contributed by atoms with Gasteiger partial charge in [-0.2, -0.15) is 0 Å². The average Bonchev–Trinajstić information content (AvgIpc) is 2.48. The van der Waals surface area contributed by atoms with Crippen LogP contribution in [0.25, 0.3) is 0 Å². The van der Waals surface area contributed by atoms with Crippen molar-refractivity contribution in [2.24, 2.45) is 0 Å². The molecule has 0 aliphatic heterocycles. The zero-order chi connectivity index (χ0) is 15.5. The number of hydrogen-bond acceptors (Lipinski definition) is 3. The van der Waals surface area contributed by atoms with E-state index in [-0.39, 0.29) is 11.8 Å². The number of benzene rings is 1. The molecule has 0 spiro atoms. The van der Waals surface area contributed by atoms with Gasteiger partial charge in [0, 0.05) is 6.04 Å². The molecule has 0 bridgehead atoms. The van der Waals surface area contributed by atoms with E-state index < -0.39 is 5.41 Å². The van der Waals surface area contributed by atoms with Crippen molar-refractivity contribution >= 4 is 5.97 Å². The standard InChI is InChI=1S/C17H24FNO2/c1-4-21-16(20)17(13-5-7-14(18)8-6-13)11-9-15(10-12-17)19(2)3/h5-8,15H,4,9-12H2,1-3H3. The lowest BCUT2D eigenvalue weighted by Gasteiger charge is -2.40. The minimum absolute atomic E-state index is 0.172. The Morgan fingerprint density at radius 1 is 1.29 bits per heavy atom. The monoisotopic (exact) mass is 293 g/mol. The van der Waals surface area contributed by atoms with Crippen molar-refractivity contribution in [3.8, 4) is 0 Å². The van der Waals surface area contributed by atoms with E-state index in [1.54, 1.807) is 12.1 Å². The minimum atomic E-state index is -0.615. The first-order valence-corrected chi connectivity index (χ1v) is 7.59. The molecule has 2 rings (SSSR count). The second kappa shape index (κ2) is 6.56. The van der Waals surface area contributed by atoms with Gasteiger partial charge < -0.3 is 9.64 Å². The Kier molecular flexibility index (Phi) is 4.99. The molecule has 1 fully saturated rings. The first-order valence-electron chi connectivity index (χ1n) is 7.59. The quantitative estimate of drug-likeness (QED) is 0.799. The molecule has 0 aromatic heterocycles. The zero-order valence-corrected chi connectivity index (χ0v) is 13.1. The van der Waals surface area contributed by atoms with Gasteiger partial charge in [0.15, 0.2) is 0 Å². The van der Waals surface area contributed by atoms with Gasteiger partial charge in [-0.3, -0.25) is 4.79 Å². The lowest BCUT2D eigenvalue weighted by molar-refractivity contribution is -0.152. The predicted molar refractivity (Wildman–Crippen MR) is 80.7 cm³/mol. The zero-order valence-electron chi connectivity index (χ0n) is 13.1. The molecule has 1 saturated carbocycles. The topological polar surface area (TPSA) is 29.5 Å². The molecule has 21 heavy (non-hydrogen) atoms. The summed E-state index contributed by atoms with van der Waals surface area (Å²) in [5, 5.41) is 0. The number of rotatable bonds is 4. The number of carbonyl (C=O) groups is 1. The number of hydrogen-bond donors (Lipinski definition) is 0. The molecule has 116 valence electrons. The number of halogens is 1. The van der Waals surface area contributed by atoms with Crippen LogP contribution in [0.15, 0.2) is 24.3 Å². The summed E-state index contributed by atoms with van der Waals surface area (Å²) >= 11 is 0. The third-order valence-corrected chi connectivity index (χ3v) is 4.60. The van der Waals surface area contributed by atoms with Gasteiger partial charge in [0.05, 0.1) is 12.0 Å². The molecular weight excluding hydrogens is 269 g/mol. The summed E-state index contributed by atoms with van der Waals surface area (Å²) in [6, 6.07) is 6.79. The van der Waals surface area contributed by atoms with E-state index in [1.165, 1.54) is 12.1 Å². The van der Waals surface area contributed by atoms with E-state index in [9.17, 15) is 9.18 Å². The Morgan fingerprint density at radius 2 is 1.86 bits per heavy atom. The Bertz CT molecular complexity index is 476. The van der Waals surface area contributed by atoms with Crippen LogP contribution in [0.4, 0.5) is 4.39 Å². The summed E-state index contributed by atoms with van der Waals surface area (Å²) < 4.78 is 18.5. The van der Waals surface area contributed by atoms with E-state index in [1.807, 2.05) is 6.92 Å². The lowest BCUT2D eigenvalue weighted by Crippen LogP contribution is -2.45. The summed E-state index contributed by atoms with van der Waals surface area (Å²) in [4.78, 5) is 14.8. The second-order valence-electron chi connectivity index (χ2n) is 6.00. The normalized spacial score (nSPS) is 25.9. The van der Waals surface area contributed by atoms with E-state index in [2.05, 4.69) is 19.0 Å². The van der Waals surface area contributed by atoms with Crippen LogP contribution in [0.1, 0.15) is 38.2 Å². The highest BCUT2D eigenvalue weighted by Gasteiger charge is 2.44. The van der Waals surface area contributed by atoms with Crippen LogP contribution in [0.2, 0.25) is 0 Å². The van der Waals surface area contributed by atoms with Crippen LogP contribution in [-0.2, 0) is 14.9 Å². The molecule has 0 atom stereocenters. The van der Waals surface area contributed by atoms with E-state index >= 15 is 0 Å². The molecule has 0 heterocycles. The molecule has 0 radical (unpaired) electrons. The molecule has 1 aliphatic carbocycles. The number of carbonyl (C=O) groups excluding carboxylic acids is 1. The van der Waals surface area contributed by atoms with Gasteiger partial charge in [0.1, 0.15) is 5.82 Å². The molecular formula is C17H24FNO2. The highest BCUT2D eigenvalue weighted by molar-refractivity contribution is 5.83. The summed E-state index contributed by atoms with van der Waals surface area (Å²) in [5.41, 5.74) is 0.260.